The summed E-state index contributed by atoms with van der Waals surface area (Å²) in [6.45, 7) is 3.09. The van der Waals surface area contributed by atoms with Crippen molar-refractivity contribution in [2.45, 2.75) is 13.3 Å². The second kappa shape index (κ2) is 7.92. The topological polar surface area (TPSA) is 45.2 Å². The highest BCUT2D eigenvalue weighted by molar-refractivity contribution is 6.31. The summed E-state index contributed by atoms with van der Waals surface area (Å²) in [7, 11) is 1.93. The molecular weight excluding hydrogens is 298 g/mol. The van der Waals surface area contributed by atoms with Crippen molar-refractivity contribution >= 4 is 23.2 Å². The molecule has 0 aliphatic heterocycles. The largest absolute Gasteiger partial charge is 0.325 e. The molecule has 1 aromatic heterocycles. The maximum atomic E-state index is 12.0. The lowest BCUT2D eigenvalue weighted by molar-refractivity contribution is -0.117. The lowest BCUT2D eigenvalue weighted by atomic mass is 10.2. The highest BCUT2D eigenvalue weighted by atomic mass is 35.5. The first-order chi connectivity index (χ1) is 10.5. The van der Waals surface area contributed by atoms with Crippen LogP contribution in [0.15, 0.2) is 42.7 Å². The van der Waals surface area contributed by atoms with E-state index in [1.54, 1.807) is 18.5 Å². The standard InChI is InChI=1S/C17H20ClN3O/c1-13-3-4-15(11-16(13)18)20-17(22)12-21(2)10-7-14-5-8-19-9-6-14/h3-6,8-9,11H,7,10,12H2,1-2H3,(H,20,22). The van der Waals surface area contributed by atoms with E-state index in [-0.39, 0.29) is 5.91 Å². The van der Waals surface area contributed by atoms with Crippen molar-refractivity contribution in [3.05, 3.63) is 58.9 Å². The van der Waals surface area contributed by atoms with Crippen LogP contribution in [0.1, 0.15) is 11.1 Å². The van der Waals surface area contributed by atoms with Gasteiger partial charge in [-0.1, -0.05) is 17.7 Å². The van der Waals surface area contributed by atoms with Crippen LogP contribution in [0.25, 0.3) is 0 Å². The third-order valence-corrected chi connectivity index (χ3v) is 3.81. The van der Waals surface area contributed by atoms with Crippen molar-refractivity contribution in [1.29, 1.82) is 0 Å². The van der Waals surface area contributed by atoms with E-state index < -0.39 is 0 Å². The number of rotatable bonds is 6. The number of carbonyl (C=O) groups excluding carboxylic acids is 1. The van der Waals surface area contributed by atoms with Crippen molar-refractivity contribution in [1.82, 2.24) is 9.88 Å². The Kier molecular flexibility index (Phi) is 5.92. The Morgan fingerprint density at radius 1 is 1.27 bits per heavy atom. The van der Waals surface area contributed by atoms with Crippen LogP contribution in [-0.2, 0) is 11.2 Å². The summed E-state index contributed by atoms with van der Waals surface area (Å²) in [4.78, 5) is 18.0. The van der Waals surface area contributed by atoms with Gasteiger partial charge in [-0.2, -0.15) is 0 Å². The van der Waals surface area contributed by atoms with Crippen LogP contribution >= 0.6 is 11.6 Å². The van der Waals surface area contributed by atoms with Gasteiger partial charge in [-0.05, 0) is 55.8 Å². The molecule has 0 aliphatic rings. The van der Waals surface area contributed by atoms with Gasteiger partial charge in [0.15, 0.2) is 0 Å². The van der Waals surface area contributed by atoms with Gasteiger partial charge in [0.1, 0.15) is 0 Å². The van der Waals surface area contributed by atoms with Crippen LogP contribution in [0, 0.1) is 6.92 Å². The molecule has 0 saturated heterocycles. The van der Waals surface area contributed by atoms with E-state index >= 15 is 0 Å². The monoisotopic (exact) mass is 317 g/mol. The predicted octanol–water partition coefficient (Wildman–Crippen LogP) is 3.16. The molecule has 0 saturated carbocycles. The first kappa shape index (κ1) is 16.5. The number of likely N-dealkylation sites (N-methyl/N-ethyl adjacent to an activating group) is 1. The Balaban J connectivity index is 1.79. The smallest absolute Gasteiger partial charge is 0.238 e. The summed E-state index contributed by atoms with van der Waals surface area (Å²) in [6, 6.07) is 9.50. The van der Waals surface area contributed by atoms with E-state index in [4.69, 9.17) is 11.6 Å². The molecule has 1 N–H and O–H groups in total. The summed E-state index contributed by atoms with van der Waals surface area (Å²) in [5.41, 5.74) is 2.94. The molecular formula is C17H20ClN3O. The van der Waals surface area contributed by atoms with E-state index in [0.717, 1.165) is 24.2 Å². The average Bonchev–Trinajstić information content (AvgIpc) is 2.50. The van der Waals surface area contributed by atoms with Gasteiger partial charge in [-0.25, -0.2) is 0 Å². The lowest BCUT2D eigenvalue weighted by Crippen LogP contribution is -2.31. The number of pyridine rings is 1. The molecule has 0 fully saturated rings. The summed E-state index contributed by atoms with van der Waals surface area (Å²) >= 11 is 6.05. The van der Waals surface area contributed by atoms with Gasteiger partial charge in [0.2, 0.25) is 5.91 Å². The fourth-order valence-electron chi connectivity index (χ4n) is 2.06. The zero-order valence-corrected chi connectivity index (χ0v) is 13.6. The van der Waals surface area contributed by atoms with Crippen LogP contribution in [0.4, 0.5) is 5.69 Å². The quantitative estimate of drug-likeness (QED) is 0.890. The molecule has 1 amide bonds. The van der Waals surface area contributed by atoms with Crippen molar-refractivity contribution in [3.8, 4) is 0 Å². The zero-order valence-electron chi connectivity index (χ0n) is 12.8. The first-order valence-corrected chi connectivity index (χ1v) is 7.56. The second-order valence-electron chi connectivity index (χ2n) is 5.36. The van der Waals surface area contributed by atoms with Crippen LogP contribution in [-0.4, -0.2) is 35.9 Å². The van der Waals surface area contributed by atoms with Gasteiger partial charge in [0, 0.05) is 29.6 Å². The van der Waals surface area contributed by atoms with Gasteiger partial charge < -0.3 is 5.32 Å². The van der Waals surface area contributed by atoms with Gasteiger partial charge in [-0.15, -0.1) is 0 Å². The number of halogens is 1. The number of hydrogen-bond acceptors (Lipinski definition) is 3. The highest BCUT2D eigenvalue weighted by Crippen LogP contribution is 2.19. The minimum absolute atomic E-state index is 0.0443. The average molecular weight is 318 g/mol. The molecule has 0 unspecified atom stereocenters. The van der Waals surface area contributed by atoms with Gasteiger partial charge in [0.05, 0.1) is 6.54 Å². The van der Waals surface area contributed by atoms with E-state index in [1.807, 2.05) is 43.1 Å². The Morgan fingerprint density at radius 3 is 2.68 bits per heavy atom. The normalized spacial score (nSPS) is 10.7. The predicted molar refractivity (Wildman–Crippen MR) is 90.3 cm³/mol. The van der Waals surface area contributed by atoms with Crippen LogP contribution in [0.2, 0.25) is 5.02 Å². The van der Waals surface area contributed by atoms with E-state index in [2.05, 4.69) is 10.3 Å². The van der Waals surface area contributed by atoms with Crippen molar-refractivity contribution in [2.75, 3.05) is 25.5 Å². The fraction of sp³-hybridized carbons (Fsp3) is 0.294. The molecule has 22 heavy (non-hydrogen) atoms. The molecule has 2 aromatic rings. The number of carbonyl (C=O) groups is 1. The molecule has 5 heteroatoms. The van der Waals surface area contributed by atoms with E-state index in [1.165, 1.54) is 5.56 Å². The van der Waals surface area contributed by atoms with E-state index in [9.17, 15) is 4.79 Å². The van der Waals surface area contributed by atoms with Crippen molar-refractivity contribution < 1.29 is 4.79 Å². The molecule has 116 valence electrons. The summed E-state index contributed by atoms with van der Waals surface area (Å²) in [5, 5.41) is 3.52. The van der Waals surface area contributed by atoms with Crippen LogP contribution < -0.4 is 5.32 Å². The van der Waals surface area contributed by atoms with Crippen LogP contribution in [0.5, 0.6) is 0 Å². The number of hydrogen-bond donors (Lipinski definition) is 1. The number of anilines is 1. The third kappa shape index (κ3) is 5.13. The Morgan fingerprint density at radius 2 is 2.00 bits per heavy atom. The maximum Gasteiger partial charge on any atom is 0.238 e. The maximum absolute atomic E-state index is 12.0. The van der Waals surface area contributed by atoms with Gasteiger partial charge in [-0.3, -0.25) is 14.7 Å². The molecule has 1 aromatic carbocycles. The van der Waals surface area contributed by atoms with E-state index in [0.29, 0.717) is 11.6 Å². The molecule has 4 nitrogen and oxygen atoms in total. The number of nitrogens with zero attached hydrogens (tertiary/aromatic N) is 2. The minimum Gasteiger partial charge on any atom is -0.325 e. The summed E-state index contributed by atoms with van der Waals surface area (Å²) in [6.07, 6.45) is 4.45. The first-order valence-electron chi connectivity index (χ1n) is 7.18. The SMILES string of the molecule is Cc1ccc(NC(=O)CN(C)CCc2ccncc2)cc1Cl. The fourth-order valence-corrected chi connectivity index (χ4v) is 2.25. The lowest BCUT2D eigenvalue weighted by Gasteiger charge is -2.16. The Labute approximate surface area is 136 Å². The Bertz CT molecular complexity index is 631. The number of amides is 1. The molecule has 0 spiro atoms. The third-order valence-electron chi connectivity index (χ3n) is 3.40. The molecule has 0 aliphatic carbocycles. The van der Waals surface area contributed by atoms with Crippen molar-refractivity contribution in [2.24, 2.45) is 0 Å². The molecule has 0 atom stereocenters. The number of nitrogens with one attached hydrogen (secondary N) is 1. The molecule has 0 bridgehead atoms. The molecule has 0 radical (unpaired) electrons. The van der Waals surface area contributed by atoms with Gasteiger partial charge >= 0.3 is 0 Å². The Hall–Kier alpha value is -1.91. The number of aromatic nitrogens is 1. The molecule has 1 heterocycles. The zero-order chi connectivity index (χ0) is 15.9. The number of aryl methyl sites for hydroxylation is 1. The summed E-state index contributed by atoms with van der Waals surface area (Å²) < 4.78 is 0. The minimum atomic E-state index is -0.0443. The highest BCUT2D eigenvalue weighted by Gasteiger charge is 2.08. The van der Waals surface area contributed by atoms with Gasteiger partial charge in [0.25, 0.3) is 0 Å². The van der Waals surface area contributed by atoms with Crippen LogP contribution in [0.3, 0.4) is 0 Å². The second-order valence-corrected chi connectivity index (χ2v) is 5.76. The molecule has 2 rings (SSSR count). The number of benzene rings is 1. The summed E-state index contributed by atoms with van der Waals surface area (Å²) in [5.74, 6) is -0.0443. The van der Waals surface area contributed by atoms with Crippen molar-refractivity contribution in [3.63, 3.8) is 0 Å².